The van der Waals surface area contributed by atoms with Crippen LogP contribution >= 0.6 is 0 Å². The summed E-state index contributed by atoms with van der Waals surface area (Å²) in [6.07, 6.45) is 1.03. The molecule has 2 aromatic carbocycles. The first-order chi connectivity index (χ1) is 15.7. The number of aryl methyl sites for hydroxylation is 1. The van der Waals surface area contributed by atoms with E-state index in [9.17, 15) is 27.0 Å². The van der Waals surface area contributed by atoms with Gasteiger partial charge in [0.1, 0.15) is 5.75 Å². The average Bonchev–Trinajstić information content (AvgIpc) is 3.14. The van der Waals surface area contributed by atoms with Crippen LogP contribution in [0.2, 0.25) is 0 Å². The molecule has 2 heterocycles. The maximum atomic E-state index is 13.0. The molecule has 0 spiro atoms. The number of fused-ring (bicyclic) bond motifs is 1. The standard InChI is InChI=1S/C21H24N4O6S2/c26-10-3-4-14-7-8-15(27)12-19(14)24-20-21(23-18-6-2-1-5-17(18)22-20)25-33(30,31)16-9-11-32(28,29)13-16/h1-2,5-8,12,16,26-27H,3-4,9-11,13H2,(H,22,24)(H,23,25). The minimum absolute atomic E-state index is 0.00251. The molecular weight excluding hydrogens is 468 g/mol. The van der Waals surface area contributed by atoms with Crippen molar-refractivity contribution in [3.63, 3.8) is 0 Å². The molecule has 0 amide bonds. The van der Waals surface area contributed by atoms with Gasteiger partial charge in [-0.05, 0) is 43.0 Å². The predicted molar refractivity (Wildman–Crippen MR) is 126 cm³/mol. The fourth-order valence-corrected chi connectivity index (χ4v) is 7.72. The molecule has 10 nitrogen and oxygen atoms in total. The topological polar surface area (TPSA) is 159 Å². The van der Waals surface area contributed by atoms with E-state index < -0.39 is 30.9 Å². The van der Waals surface area contributed by atoms with Crippen LogP contribution in [-0.2, 0) is 26.3 Å². The maximum Gasteiger partial charge on any atom is 0.237 e. The zero-order valence-electron chi connectivity index (χ0n) is 17.6. The lowest BCUT2D eigenvalue weighted by Gasteiger charge is -2.17. The summed E-state index contributed by atoms with van der Waals surface area (Å²) in [7, 11) is -7.46. The molecule has 1 aliphatic heterocycles. The van der Waals surface area contributed by atoms with Crippen LogP contribution in [0.15, 0.2) is 42.5 Å². The molecule has 0 saturated carbocycles. The van der Waals surface area contributed by atoms with Crippen molar-refractivity contribution in [3.8, 4) is 5.75 Å². The normalized spacial score (nSPS) is 17.8. The zero-order chi connectivity index (χ0) is 23.6. The molecule has 1 saturated heterocycles. The summed E-state index contributed by atoms with van der Waals surface area (Å²) in [5.41, 5.74) is 2.24. The Morgan fingerprint density at radius 1 is 1.06 bits per heavy atom. The van der Waals surface area contributed by atoms with Gasteiger partial charge in [-0.2, -0.15) is 0 Å². The number of para-hydroxylation sites is 2. The zero-order valence-corrected chi connectivity index (χ0v) is 19.2. The highest BCUT2D eigenvalue weighted by atomic mass is 32.2. The lowest BCUT2D eigenvalue weighted by molar-refractivity contribution is 0.288. The predicted octanol–water partition coefficient (Wildman–Crippen LogP) is 1.93. The Bertz CT molecular complexity index is 1390. The van der Waals surface area contributed by atoms with Crippen molar-refractivity contribution in [1.29, 1.82) is 0 Å². The highest BCUT2D eigenvalue weighted by Crippen LogP contribution is 2.31. The van der Waals surface area contributed by atoms with E-state index in [0.717, 1.165) is 5.56 Å². The van der Waals surface area contributed by atoms with Gasteiger partial charge in [0.25, 0.3) is 0 Å². The van der Waals surface area contributed by atoms with Crippen LogP contribution in [0.25, 0.3) is 11.0 Å². The monoisotopic (exact) mass is 492 g/mol. The van der Waals surface area contributed by atoms with Gasteiger partial charge in [0.15, 0.2) is 21.5 Å². The number of hydrogen-bond acceptors (Lipinski definition) is 9. The summed E-state index contributed by atoms with van der Waals surface area (Å²) in [5.74, 6) is -0.588. The molecular formula is C21H24N4O6S2. The number of nitrogens with one attached hydrogen (secondary N) is 2. The minimum Gasteiger partial charge on any atom is -0.508 e. The Labute approximate surface area is 191 Å². The number of aromatic hydroxyl groups is 1. The molecule has 176 valence electrons. The third kappa shape index (κ3) is 5.34. The summed E-state index contributed by atoms with van der Waals surface area (Å²) in [5, 5.41) is 21.1. The van der Waals surface area contributed by atoms with E-state index >= 15 is 0 Å². The number of phenolic OH excluding ortho intramolecular Hbond substituents is 1. The van der Waals surface area contributed by atoms with E-state index in [1.807, 2.05) is 0 Å². The molecule has 0 radical (unpaired) electrons. The van der Waals surface area contributed by atoms with Gasteiger partial charge in [0, 0.05) is 18.4 Å². The first-order valence-electron chi connectivity index (χ1n) is 10.4. The quantitative estimate of drug-likeness (QED) is 0.368. The molecule has 12 heteroatoms. The van der Waals surface area contributed by atoms with Crippen LogP contribution in [0.4, 0.5) is 17.3 Å². The second-order valence-corrected chi connectivity index (χ2v) is 12.1. The second kappa shape index (κ2) is 9.12. The molecule has 3 aromatic rings. The van der Waals surface area contributed by atoms with E-state index in [1.54, 1.807) is 30.3 Å². The number of aliphatic hydroxyl groups is 1. The van der Waals surface area contributed by atoms with E-state index in [-0.39, 0.29) is 36.2 Å². The SMILES string of the molecule is O=S1(=O)CCC(S(=O)(=O)Nc2nc3ccccc3nc2Nc2cc(O)ccc2CCCO)C1. The van der Waals surface area contributed by atoms with Gasteiger partial charge in [-0.1, -0.05) is 18.2 Å². The third-order valence-electron chi connectivity index (χ3n) is 5.39. The van der Waals surface area contributed by atoms with Crippen molar-refractivity contribution >= 4 is 48.2 Å². The van der Waals surface area contributed by atoms with Gasteiger partial charge >= 0.3 is 0 Å². The minimum atomic E-state index is -4.05. The highest BCUT2D eigenvalue weighted by Gasteiger charge is 2.38. The number of sulfonamides is 1. The summed E-state index contributed by atoms with van der Waals surface area (Å²) in [6, 6.07) is 11.6. The number of hydrogen-bond donors (Lipinski definition) is 4. The van der Waals surface area contributed by atoms with Gasteiger partial charge in [0.05, 0.1) is 27.8 Å². The van der Waals surface area contributed by atoms with Crippen LogP contribution in [0.1, 0.15) is 18.4 Å². The second-order valence-electron chi connectivity index (χ2n) is 7.88. The van der Waals surface area contributed by atoms with Gasteiger partial charge in [-0.3, -0.25) is 4.72 Å². The van der Waals surface area contributed by atoms with Gasteiger partial charge in [-0.25, -0.2) is 26.8 Å². The summed E-state index contributed by atoms with van der Waals surface area (Å²) in [4.78, 5) is 8.92. The number of phenols is 1. The van der Waals surface area contributed by atoms with E-state index in [2.05, 4.69) is 20.0 Å². The van der Waals surface area contributed by atoms with Crippen LogP contribution in [0.5, 0.6) is 5.75 Å². The number of sulfone groups is 1. The molecule has 33 heavy (non-hydrogen) atoms. The Kier molecular flexibility index (Phi) is 6.41. The first kappa shape index (κ1) is 23.2. The number of aliphatic hydroxyl groups excluding tert-OH is 1. The largest absolute Gasteiger partial charge is 0.508 e. The van der Waals surface area contributed by atoms with Crippen LogP contribution in [0, 0.1) is 0 Å². The van der Waals surface area contributed by atoms with Crippen molar-refractivity contribution in [2.24, 2.45) is 0 Å². The maximum absolute atomic E-state index is 13.0. The summed E-state index contributed by atoms with van der Waals surface area (Å²) >= 11 is 0. The van der Waals surface area contributed by atoms with Crippen molar-refractivity contribution < 1.29 is 27.0 Å². The van der Waals surface area contributed by atoms with Crippen molar-refractivity contribution in [3.05, 3.63) is 48.0 Å². The molecule has 1 aromatic heterocycles. The molecule has 4 N–H and O–H groups in total. The number of nitrogens with zero attached hydrogens (tertiary/aromatic N) is 2. The Morgan fingerprint density at radius 2 is 1.76 bits per heavy atom. The molecule has 1 aliphatic rings. The number of benzene rings is 2. The van der Waals surface area contributed by atoms with Crippen LogP contribution < -0.4 is 10.0 Å². The molecule has 4 rings (SSSR count). The lowest BCUT2D eigenvalue weighted by Crippen LogP contribution is -2.29. The lowest BCUT2D eigenvalue weighted by atomic mass is 10.1. The fourth-order valence-electron chi connectivity index (χ4n) is 3.68. The summed E-state index contributed by atoms with van der Waals surface area (Å²) < 4.78 is 51.9. The molecule has 1 unspecified atom stereocenters. The van der Waals surface area contributed by atoms with Crippen molar-refractivity contribution in [1.82, 2.24) is 9.97 Å². The van der Waals surface area contributed by atoms with Crippen molar-refractivity contribution in [2.45, 2.75) is 24.5 Å². The van der Waals surface area contributed by atoms with Crippen molar-refractivity contribution in [2.75, 3.05) is 28.2 Å². The van der Waals surface area contributed by atoms with Gasteiger partial charge in [0.2, 0.25) is 10.0 Å². The highest BCUT2D eigenvalue weighted by molar-refractivity contribution is 7.97. The number of aromatic nitrogens is 2. The van der Waals surface area contributed by atoms with E-state index in [0.29, 0.717) is 29.6 Å². The van der Waals surface area contributed by atoms with Gasteiger partial charge < -0.3 is 15.5 Å². The number of rotatable bonds is 8. The Balaban J connectivity index is 1.74. The van der Waals surface area contributed by atoms with Crippen LogP contribution in [0.3, 0.4) is 0 Å². The molecule has 1 atom stereocenters. The average molecular weight is 493 g/mol. The molecule has 0 aliphatic carbocycles. The molecule has 1 fully saturated rings. The van der Waals surface area contributed by atoms with E-state index in [4.69, 9.17) is 0 Å². The summed E-state index contributed by atoms with van der Waals surface area (Å²) in [6.45, 7) is -0.00849. The van der Waals surface area contributed by atoms with Gasteiger partial charge in [-0.15, -0.1) is 0 Å². The smallest absolute Gasteiger partial charge is 0.237 e. The fraction of sp³-hybridized carbons (Fsp3) is 0.333. The third-order valence-corrected chi connectivity index (χ3v) is 9.13. The Morgan fingerprint density at radius 3 is 2.39 bits per heavy atom. The molecule has 0 bridgehead atoms. The first-order valence-corrected chi connectivity index (χ1v) is 13.7. The number of anilines is 3. The van der Waals surface area contributed by atoms with E-state index in [1.165, 1.54) is 12.1 Å². The van der Waals surface area contributed by atoms with Crippen LogP contribution in [-0.4, -0.2) is 60.4 Å². The Hall–Kier alpha value is -2.96.